The number of oxazole rings is 1. The Balaban J connectivity index is 0.997. The number of aromatic nitrogens is 4. The lowest BCUT2D eigenvalue weighted by Crippen LogP contribution is -2.28. The van der Waals surface area contributed by atoms with Gasteiger partial charge in [0.15, 0.2) is 23.1 Å². The van der Waals surface area contributed by atoms with E-state index in [2.05, 4.69) is 164 Å². The van der Waals surface area contributed by atoms with Gasteiger partial charge in [-0.3, -0.25) is 0 Å². The molecule has 0 N–H and O–H groups in total. The van der Waals surface area contributed by atoms with Gasteiger partial charge < -0.3 is 4.42 Å². The summed E-state index contributed by atoms with van der Waals surface area (Å²) in [5.74, 6) is 2.47. The van der Waals surface area contributed by atoms with Crippen LogP contribution in [-0.4, -0.2) is 19.9 Å². The Morgan fingerprint density at radius 3 is 1.52 bits per heavy atom. The molecule has 300 valence electrons. The van der Waals surface area contributed by atoms with E-state index in [1.165, 1.54) is 27.8 Å². The molecular weight excluding hydrogens is 781 g/mol. The van der Waals surface area contributed by atoms with Gasteiger partial charge in [-0.15, -0.1) is 0 Å². The summed E-state index contributed by atoms with van der Waals surface area (Å²) < 4.78 is 6.33. The Labute approximate surface area is 371 Å². The van der Waals surface area contributed by atoms with Crippen LogP contribution in [0.15, 0.2) is 235 Å². The van der Waals surface area contributed by atoms with Crippen LogP contribution in [0.2, 0.25) is 0 Å². The highest BCUT2D eigenvalue weighted by Gasteiger charge is 2.46. The van der Waals surface area contributed by atoms with Gasteiger partial charge in [0.2, 0.25) is 5.89 Å². The molecule has 0 amide bonds. The molecular formula is C59H38N4O. The van der Waals surface area contributed by atoms with Crippen LogP contribution in [0.25, 0.3) is 90.1 Å². The lowest BCUT2D eigenvalue weighted by Gasteiger charge is -2.34. The molecule has 0 saturated heterocycles. The van der Waals surface area contributed by atoms with E-state index in [0.29, 0.717) is 23.4 Å². The van der Waals surface area contributed by atoms with Crippen molar-refractivity contribution in [2.75, 3.05) is 0 Å². The Hall–Kier alpha value is -8.54. The van der Waals surface area contributed by atoms with Crippen molar-refractivity contribution >= 4 is 11.1 Å². The summed E-state index contributed by atoms with van der Waals surface area (Å²) in [5, 5.41) is 0. The number of nitrogens with zero attached hydrogens (tertiary/aromatic N) is 4. The second-order valence-electron chi connectivity index (χ2n) is 16.2. The van der Waals surface area contributed by atoms with E-state index in [1.807, 2.05) is 66.7 Å². The van der Waals surface area contributed by atoms with Crippen molar-refractivity contribution in [2.45, 2.75) is 5.41 Å². The summed E-state index contributed by atoms with van der Waals surface area (Å²) in [5.41, 5.74) is 16.3. The average molecular weight is 819 g/mol. The minimum absolute atomic E-state index is 0.609. The predicted octanol–water partition coefficient (Wildman–Crippen LogP) is 14.4. The molecule has 2 aromatic heterocycles. The van der Waals surface area contributed by atoms with Gasteiger partial charge in [-0.2, -0.15) is 0 Å². The highest BCUT2D eigenvalue weighted by atomic mass is 16.3. The van der Waals surface area contributed by atoms with Crippen molar-refractivity contribution in [3.05, 3.63) is 253 Å². The highest BCUT2D eigenvalue weighted by Crippen LogP contribution is 2.57. The summed E-state index contributed by atoms with van der Waals surface area (Å²) in [6, 6.07) is 80.7. The Bertz CT molecular complexity index is 3480. The fraction of sp³-hybridized carbons (Fsp3) is 0.0169. The standard InChI is InChI=1S/C59H38N4O/c1-5-16-39(17-6-1)40-28-30-42(31-29-40)56-61-55(41-18-7-2-8-19-41)62-57(63-56)46-23-15-22-44(36-46)45-32-34-50-49-26-13-14-27-51(49)59(52(50)37-45,47-24-11-4-12-25-47)48-33-35-54-53(38-48)60-58(64-54)43-20-9-3-10-21-43/h1-38H. The lowest BCUT2D eigenvalue weighted by atomic mass is 9.67. The van der Waals surface area contributed by atoms with Gasteiger partial charge in [0.05, 0.1) is 5.41 Å². The number of hydrogen-bond acceptors (Lipinski definition) is 5. The first-order chi connectivity index (χ1) is 31.7. The van der Waals surface area contributed by atoms with Crippen molar-refractivity contribution < 1.29 is 4.42 Å². The molecule has 0 saturated carbocycles. The number of benzene rings is 9. The summed E-state index contributed by atoms with van der Waals surface area (Å²) in [7, 11) is 0. The first kappa shape index (κ1) is 37.2. The van der Waals surface area contributed by atoms with E-state index in [-0.39, 0.29) is 0 Å². The number of fused-ring (bicyclic) bond motifs is 4. The third kappa shape index (κ3) is 6.33. The summed E-state index contributed by atoms with van der Waals surface area (Å²) >= 11 is 0. The Kier molecular flexibility index (Phi) is 8.97. The van der Waals surface area contributed by atoms with Crippen LogP contribution >= 0.6 is 0 Å². The maximum atomic E-state index is 6.33. The van der Waals surface area contributed by atoms with Gasteiger partial charge in [-0.1, -0.05) is 194 Å². The zero-order valence-corrected chi connectivity index (χ0v) is 34.6. The van der Waals surface area contributed by atoms with Crippen LogP contribution < -0.4 is 0 Å². The minimum Gasteiger partial charge on any atom is -0.436 e. The molecule has 64 heavy (non-hydrogen) atoms. The molecule has 0 fully saturated rings. The van der Waals surface area contributed by atoms with Gasteiger partial charge in [0.25, 0.3) is 0 Å². The molecule has 0 radical (unpaired) electrons. The van der Waals surface area contributed by atoms with Crippen LogP contribution in [0, 0.1) is 0 Å². The van der Waals surface area contributed by atoms with Gasteiger partial charge in [0, 0.05) is 22.3 Å². The van der Waals surface area contributed by atoms with Crippen LogP contribution in [0.1, 0.15) is 22.3 Å². The van der Waals surface area contributed by atoms with Crippen LogP contribution in [0.5, 0.6) is 0 Å². The zero-order chi connectivity index (χ0) is 42.5. The molecule has 0 spiro atoms. The third-order valence-corrected chi connectivity index (χ3v) is 12.5. The molecule has 1 unspecified atom stereocenters. The first-order valence-electron chi connectivity index (χ1n) is 21.5. The van der Waals surface area contributed by atoms with Gasteiger partial charge in [-0.05, 0) is 92.0 Å². The van der Waals surface area contributed by atoms with E-state index in [0.717, 1.165) is 61.2 Å². The lowest BCUT2D eigenvalue weighted by molar-refractivity contribution is 0.619. The first-order valence-corrected chi connectivity index (χ1v) is 21.5. The molecule has 1 aliphatic rings. The highest BCUT2D eigenvalue weighted by molar-refractivity contribution is 5.90. The molecule has 9 aromatic carbocycles. The minimum atomic E-state index is -0.634. The van der Waals surface area contributed by atoms with E-state index in [1.54, 1.807) is 0 Å². The second-order valence-corrected chi connectivity index (χ2v) is 16.2. The Morgan fingerprint density at radius 2 is 0.797 bits per heavy atom. The second kappa shape index (κ2) is 15.4. The largest absolute Gasteiger partial charge is 0.436 e. The molecule has 0 bridgehead atoms. The van der Waals surface area contributed by atoms with Crippen LogP contribution in [0.4, 0.5) is 0 Å². The van der Waals surface area contributed by atoms with Gasteiger partial charge in [-0.25, -0.2) is 19.9 Å². The fourth-order valence-electron chi connectivity index (χ4n) is 9.43. The SMILES string of the molecule is c1ccc(-c2ccc(-c3nc(-c4ccccc4)nc(-c4cccc(-c5ccc6c(c5)C(c5ccccc5)(c5ccc7oc(-c8ccccc8)nc7c5)c5ccccc5-6)c4)n3)cc2)cc1. The number of rotatable bonds is 8. The van der Waals surface area contributed by atoms with E-state index < -0.39 is 5.41 Å². The van der Waals surface area contributed by atoms with Crippen molar-refractivity contribution in [3.63, 3.8) is 0 Å². The van der Waals surface area contributed by atoms with Crippen molar-refractivity contribution in [1.82, 2.24) is 19.9 Å². The topological polar surface area (TPSA) is 64.7 Å². The molecule has 2 heterocycles. The van der Waals surface area contributed by atoms with Crippen molar-refractivity contribution in [1.29, 1.82) is 0 Å². The molecule has 1 aliphatic carbocycles. The molecule has 0 aliphatic heterocycles. The van der Waals surface area contributed by atoms with Crippen molar-refractivity contribution in [3.8, 4) is 79.0 Å². The Morgan fingerprint density at radius 1 is 0.297 bits per heavy atom. The normalized spacial score (nSPS) is 14.0. The van der Waals surface area contributed by atoms with E-state index >= 15 is 0 Å². The fourth-order valence-corrected chi connectivity index (χ4v) is 9.43. The summed E-state index contributed by atoms with van der Waals surface area (Å²) in [6.45, 7) is 0. The van der Waals surface area contributed by atoms with Gasteiger partial charge in [0.1, 0.15) is 5.52 Å². The molecule has 5 heteroatoms. The van der Waals surface area contributed by atoms with E-state index in [4.69, 9.17) is 24.4 Å². The maximum Gasteiger partial charge on any atom is 0.227 e. The molecule has 1 atom stereocenters. The number of hydrogen-bond donors (Lipinski definition) is 0. The van der Waals surface area contributed by atoms with Gasteiger partial charge >= 0.3 is 0 Å². The monoisotopic (exact) mass is 818 g/mol. The summed E-state index contributed by atoms with van der Waals surface area (Å²) in [6.07, 6.45) is 0. The maximum absolute atomic E-state index is 6.33. The third-order valence-electron chi connectivity index (χ3n) is 12.5. The molecule has 5 nitrogen and oxygen atoms in total. The molecule has 12 rings (SSSR count). The smallest absolute Gasteiger partial charge is 0.227 e. The molecule has 11 aromatic rings. The quantitative estimate of drug-likeness (QED) is 0.153. The predicted molar refractivity (Wildman–Crippen MR) is 257 cm³/mol. The van der Waals surface area contributed by atoms with E-state index in [9.17, 15) is 0 Å². The van der Waals surface area contributed by atoms with Crippen LogP contribution in [-0.2, 0) is 5.41 Å². The average Bonchev–Trinajstić information content (AvgIpc) is 3.95. The van der Waals surface area contributed by atoms with Crippen molar-refractivity contribution in [2.24, 2.45) is 0 Å². The summed E-state index contributed by atoms with van der Waals surface area (Å²) in [4.78, 5) is 20.3. The zero-order valence-electron chi connectivity index (χ0n) is 34.6. The van der Waals surface area contributed by atoms with Crippen LogP contribution in [0.3, 0.4) is 0 Å².